The molecule has 1 heterocycles. The Kier molecular flexibility index (Phi) is 14.3. The molecule has 0 saturated heterocycles. The zero-order valence-electron chi connectivity index (χ0n) is 26.0. The number of carbonyl (C=O) groups is 1. The summed E-state index contributed by atoms with van der Waals surface area (Å²) in [7, 11) is -2.42. The molecule has 0 aliphatic rings. The molecule has 0 bridgehead atoms. The Balaban J connectivity index is 2.19. The summed E-state index contributed by atoms with van der Waals surface area (Å²) in [5.74, 6) is -1.75. The van der Waals surface area contributed by atoms with Crippen molar-refractivity contribution in [1.29, 1.82) is 0 Å². The Morgan fingerprint density at radius 2 is 1.83 bits per heavy atom. The van der Waals surface area contributed by atoms with Crippen LogP contribution >= 0.6 is 0 Å². The Labute approximate surface area is 265 Å². The molecule has 3 unspecified atom stereocenters. The van der Waals surface area contributed by atoms with Gasteiger partial charge in [0.25, 0.3) is 5.09 Å². The predicted molar refractivity (Wildman–Crippen MR) is 163 cm³/mol. The molecule has 2 N–H and O–H groups in total. The van der Waals surface area contributed by atoms with E-state index < -0.39 is 64.3 Å². The Hall–Kier alpha value is -4.29. The summed E-state index contributed by atoms with van der Waals surface area (Å²) in [5, 5.41) is 33.0. The van der Waals surface area contributed by atoms with Crippen LogP contribution in [0.3, 0.4) is 0 Å². The van der Waals surface area contributed by atoms with Crippen LogP contribution in [0.2, 0.25) is 0 Å². The molecule has 0 fully saturated rings. The second kappa shape index (κ2) is 17.4. The average Bonchev–Trinajstić information content (AvgIpc) is 2.96. The van der Waals surface area contributed by atoms with Gasteiger partial charge in [-0.2, -0.15) is 0 Å². The van der Waals surface area contributed by atoms with Crippen molar-refractivity contribution in [3.05, 3.63) is 62.4 Å². The van der Waals surface area contributed by atoms with Gasteiger partial charge in [-0.05, 0) is 49.9 Å². The van der Waals surface area contributed by atoms with Crippen molar-refractivity contribution >= 4 is 28.0 Å². The molecule has 4 atom stereocenters. The summed E-state index contributed by atoms with van der Waals surface area (Å²) in [4.78, 5) is 51.0. The van der Waals surface area contributed by atoms with Crippen LogP contribution in [0, 0.1) is 20.8 Å². The zero-order valence-corrected chi connectivity index (χ0v) is 26.8. The highest BCUT2D eigenvalue weighted by Gasteiger charge is 2.24. The second-order valence-electron chi connectivity index (χ2n) is 10.8. The van der Waals surface area contributed by atoms with E-state index in [9.17, 15) is 42.8 Å². The van der Waals surface area contributed by atoms with Gasteiger partial charge in [0.05, 0.1) is 36.3 Å². The molecule has 2 aromatic rings. The first-order valence-corrected chi connectivity index (χ1v) is 16.0. The molecule has 2 rings (SSSR count). The molecular formula is C28H38FN5O11S. The highest BCUT2D eigenvalue weighted by Crippen LogP contribution is 2.31. The van der Waals surface area contributed by atoms with E-state index in [0.717, 1.165) is 10.6 Å². The summed E-state index contributed by atoms with van der Waals surface area (Å²) in [5.41, 5.74) is 1.57. The van der Waals surface area contributed by atoms with Crippen LogP contribution in [0.15, 0.2) is 35.7 Å². The summed E-state index contributed by atoms with van der Waals surface area (Å²) >= 11 is 0. The van der Waals surface area contributed by atoms with Crippen molar-refractivity contribution in [3.8, 4) is 11.3 Å². The smallest absolute Gasteiger partial charge is 0.308 e. The van der Waals surface area contributed by atoms with E-state index in [1.807, 2.05) is 13.8 Å². The number of aromatic nitrogens is 2. The molecule has 46 heavy (non-hydrogen) atoms. The Morgan fingerprint density at radius 3 is 2.39 bits per heavy atom. The van der Waals surface area contributed by atoms with Gasteiger partial charge >= 0.3 is 5.97 Å². The lowest BCUT2D eigenvalue weighted by Gasteiger charge is -2.20. The number of carbonyl (C=O) groups excluding carboxylic acids is 1. The van der Waals surface area contributed by atoms with E-state index in [1.54, 1.807) is 0 Å². The largest absolute Gasteiger partial charge is 0.463 e. The van der Waals surface area contributed by atoms with Gasteiger partial charge in [0.1, 0.15) is 24.6 Å². The van der Waals surface area contributed by atoms with Gasteiger partial charge in [0.15, 0.2) is 5.34 Å². The van der Waals surface area contributed by atoms with Crippen LogP contribution < -0.4 is 4.31 Å². The molecule has 1 aromatic heterocycles. The normalized spacial score (nSPS) is 14.4. The van der Waals surface area contributed by atoms with E-state index in [4.69, 9.17) is 4.74 Å². The number of halogens is 1. The quantitative estimate of drug-likeness (QED) is 0.0948. The van der Waals surface area contributed by atoms with Crippen LogP contribution in [0.1, 0.15) is 63.6 Å². The summed E-state index contributed by atoms with van der Waals surface area (Å²) in [6.45, 7) is 4.65. The number of rotatable bonds is 19. The third kappa shape index (κ3) is 12.2. The van der Waals surface area contributed by atoms with Crippen LogP contribution in [-0.4, -0.2) is 84.0 Å². The number of benzene rings is 1. The third-order valence-corrected chi connectivity index (χ3v) is 7.75. The maximum atomic E-state index is 13.7. The molecule has 254 valence electrons. The average molecular weight is 672 g/mol. The van der Waals surface area contributed by atoms with E-state index in [2.05, 4.69) is 25.0 Å². The van der Waals surface area contributed by atoms with Crippen molar-refractivity contribution in [2.45, 2.75) is 76.8 Å². The standard InChI is InChI=1S/C28H38FN5O11S/c1-17(2)26-24(27(19-7-9-20(29)10-8-19)31-28(30-26)33(4)46(5,41)42)13-11-21(35)14-22(36)15-25(37)43-16-23(45-34(39)40)12-6-18(3)44-32-38/h7-11,13,17-18,21-23,35-36H,6,12,14-16H2,1-5H3/b13-11+/t18?,21?,22-,23?/m1/s1. The molecule has 0 saturated carbocycles. The van der Waals surface area contributed by atoms with E-state index in [-0.39, 0.29) is 36.8 Å². The lowest BCUT2D eigenvalue weighted by Crippen LogP contribution is -2.28. The Bertz CT molecular complexity index is 1470. The highest BCUT2D eigenvalue weighted by molar-refractivity contribution is 7.92. The van der Waals surface area contributed by atoms with Crippen LogP contribution in [-0.2, 0) is 29.2 Å². The SMILES string of the molecule is CC(CCC(COC(=O)C[C@H](O)CC(O)/C=C/c1c(-c2ccc(F)cc2)nc(N(C)S(C)(=O)=O)nc1C(C)C)O[N+](=O)[O-])ON=O. The van der Waals surface area contributed by atoms with Crippen molar-refractivity contribution in [2.24, 2.45) is 5.34 Å². The molecule has 16 nitrogen and oxygen atoms in total. The fraction of sp³-hybridized carbons (Fsp3) is 0.536. The van der Waals surface area contributed by atoms with Gasteiger partial charge in [-0.3, -0.25) is 4.79 Å². The van der Waals surface area contributed by atoms with Gasteiger partial charge in [0, 0.05) is 24.6 Å². The van der Waals surface area contributed by atoms with E-state index in [1.165, 1.54) is 50.4 Å². The number of esters is 1. The van der Waals surface area contributed by atoms with Crippen molar-refractivity contribution in [2.75, 3.05) is 24.2 Å². The van der Waals surface area contributed by atoms with Crippen LogP contribution in [0.4, 0.5) is 10.3 Å². The number of hydrogen-bond acceptors (Lipinski definition) is 14. The molecule has 0 aliphatic carbocycles. The van der Waals surface area contributed by atoms with Crippen molar-refractivity contribution in [1.82, 2.24) is 9.97 Å². The zero-order chi connectivity index (χ0) is 34.6. The first-order chi connectivity index (χ1) is 21.5. The predicted octanol–water partition coefficient (Wildman–Crippen LogP) is 3.30. The minimum absolute atomic E-state index is 0.00449. The lowest BCUT2D eigenvalue weighted by molar-refractivity contribution is -0.769. The van der Waals surface area contributed by atoms with Gasteiger partial charge in [-0.25, -0.2) is 27.1 Å². The molecule has 0 amide bonds. The number of nitrogens with zero attached hydrogens (tertiary/aromatic N) is 5. The minimum atomic E-state index is -3.72. The van der Waals surface area contributed by atoms with Gasteiger partial charge < -0.3 is 24.6 Å². The number of aliphatic hydroxyl groups excluding tert-OH is 2. The van der Waals surface area contributed by atoms with Crippen molar-refractivity contribution in [3.63, 3.8) is 0 Å². The minimum Gasteiger partial charge on any atom is -0.463 e. The van der Waals surface area contributed by atoms with Crippen molar-refractivity contribution < 1.29 is 47.3 Å². The number of sulfonamides is 1. The fourth-order valence-corrected chi connectivity index (χ4v) is 4.49. The fourth-order valence-electron chi connectivity index (χ4n) is 4.12. The maximum absolute atomic E-state index is 13.7. The van der Waals surface area contributed by atoms with Crippen LogP contribution in [0.25, 0.3) is 17.3 Å². The van der Waals surface area contributed by atoms with Crippen LogP contribution in [0.5, 0.6) is 0 Å². The first-order valence-electron chi connectivity index (χ1n) is 14.1. The Morgan fingerprint density at radius 1 is 1.17 bits per heavy atom. The second-order valence-corrected chi connectivity index (χ2v) is 12.8. The van der Waals surface area contributed by atoms with Gasteiger partial charge in [-0.15, -0.1) is 15.0 Å². The number of aliphatic hydroxyl groups is 2. The van der Waals surface area contributed by atoms with Gasteiger partial charge in [0.2, 0.25) is 16.0 Å². The third-order valence-electron chi connectivity index (χ3n) is 6.59. The first kappa shape index (κ1) is 37.9. The molecule has 0 radical (unpaired) electrons. The molecule has 0 spiro atoms. The monoisotopic (exact) mass is 671 g/mol. The highest BCUT2D eigenvalue weighted by atomic mass is 32.2. The number of anilines is 1. The molecular weight excluding hydrogens is 633 g/mol. The number of ether oxygens (including phenoxy) is 1. The van der Waals surface area contributed by atoms with Gasteiger partial charge in [-0.1, -0.05) is 26.0 Å². The summed E-state index contributed by atoms with van der Waals surface area (Å²) < 4.78 is 44.0. The summed E-state index contributed by atoms with van der Waals surface area (Å²) in [6, 6.07) is 5.37. The number of hydrogen-bond donors (Lipinski definition) is 2. The topological polar surface area (TPSA) is 221 Å². The maximum Gasteiger partial charge on any atom is 0.308 e. The molecule has 0 aliphatic heterocycles. The van der Waals surface area contributed by atoms with E-state index in [0.29, 0.717) is 16.8 Å². The van der Waals surface area contributed by atoms with E-state index >= 15 is 0 Å². The lowest BCUT2D eigenvalue weighted by atomic mass is 9.97. The molecule has 1 aromatic carbocycles. The summed E-state index contributed by atoms with van der Waals surface area (Å²) in [6.07, 6.45) is -1.30. The molecule has 18 heteroatoms.